The van der Waals surface area contributed by atoms with Crippen molar-refractivity contribution in [3.8, 4) is 16.0 Å². The second-order valence-corrected chi connectivity index (χ2v) is 10.6. The molecule has 0 spiro atoms. The molecular weight excluding hydrogens is 483 g/mol. The van der Waals surface area contributed by atoms with Crippen molar-refractivity contribution >= 4 is 51.9 Å². The lowest BCUT2D eigenvalue weighted by Crippen LogP contribution is -2.43. The summed E-state index contributed by atoms with van der Waals surface area (Å²) in [5, 5.41) is 16.7. The highest BCUT2D eigenvalue weighted by Crippen LogP contribution is 2.31. The number of hydrogen-bond acceptors (Lipinski definition) is 8. The summed E-state index contributed by atoms with van der Waals surface area (Å²) < 4.78 is 2.33. The summed E-state index contributed by atoms with van der Waals surface area (Å²) in [6.45, 7) is 3.50. The smallest absolute Gasteiger partial charge is 0.275 e. The molecule has 0 radical (unpaired) electrons. The normalized spacial score (nSPS) is 14.0. The fourth-order valence-electron chi connectivity index (χ4n) is 3.69. The van der Waals surface area contributed by atoms with Crippen molar-refractivity contribution < 1.29 is 4.79 Å². The van der Waals surface area contributed by atoms with E-state index in [2.05, 4.69) is 31.6 Å². The van der Waals surface area contributed by atoms with Gasteiger partial charge in [0.05, 0.1) is 27.9 Å². The minimum Gasteiger partial charge on any atom is -0.367 e. The summed E-state index contributed by atoms with van der Waals surface area (Å²) in [5.74, 6) is -0.193. The molecule has 4 aromatic rings. The summed E-state index contributed by atoms with van der Waals surface area (Å²) in [7, 11) is 0. The van der Waals surface area contributed by atoms with Gasteiger partial charge in [0.25, 0.3) is 5.91 Å². The molecule has 1 aliphatic rings. The average molecular weight is 504 g/mol. The van der Waals surface area contributed by atoms with Crippen molar-refractivity contribution in [1.82, 2.24) is 9.29 Å². The zero-order valence-electron chi connectivity index (χ0n) is 18.2. The number of carbonyl (C=O) groups excluding carboxylic acids is 1. The number of anilines is 2. The van der Waals surface area contributed by atoms with E-state index in [1.165, 1.54) is 11.3 Å². The van der Waals surface area contributed by atoms with Gasteiger partial charge in [-0.15, -0.1) is 22.7 Å². The van der Waals surface area contributed by atoms with Crippen molar-refractivity contribution in [3.63, 3.8) is 0 Å². The van der Waals surface area contributed by atoms with Crippen molar-refractivity contribution in [2.45, 2.75) is 4.90 Å². The van der Waals surface area contributed by atoms with Gasteiger partial charge in [-0.25, -0.2) is 9.29 Å². The SMILES string of the molecule is N#Cc1ccc(SN2CCN(c3ccccc3NC(=O)c3csc(-c4cccs4)n3)CC2)cc1. The topological polar surface area (TPSA) is 72.3 Å². The first-order valence-electron chi connectivity index (χ1n) is 10.8. The van der Waals surface area contributed by atoms with E-state index in [0.29, 0.717) is 11.3 Å². The molecule has 1 aliphatic heterocycles. The second kappa shape index (κ2) is 10.4. The Morgan fingerprint density at radius 3 is 2.53 bits per heavy atom. The van der Waals surface area contributed by atoms with E-state index in [0.717, 1.165) is 52.3 Å². The van der Waals surface area contributed by atoms with Crippen LogP contribution < -0.4 is 10.2 Å². The number of piperazine rings is 1. The van der Waals surface area contributed by atoms with Gasteiger partial charge in [0, 0.05) is 36.5 Å². The summed E-state index contributed by atoms with van der Waals surface area (Å²) in [5.41, 5.74) is 2.93. The highest BCUT2D eigenvalue weighted by molar-refractivity contribution is 7.97. The number of carbonyl (C=O) groups is 1. The summed E-state index contributed by atoms with van der Waals surface area (Å²) in [4.78, 5) is 22.0. The lowest BCUT2D eigenvalue weighted by atomic mass is 10.2. The van der Waals surface area contributed by atoms with Crippen LogP contribution in [-0.4, -0.2) is 41.4 Å². The average Bonchev–Trinajstić information content (AvgIpc) is 3.58. The van der Waals surface area contributed by atoms with Crippen molar-refractivity contribution in [2.24, 2.45) is 0 Å². The first kappa shape index (κ1) is 22.6. The Morgan fingerprint density at radius 2 is 1.79 bits per heavy atom. The van der Waals surface area contributed by atoms with E-state index in [9.17, 15) is 4.79 Å². The van der Waals surface area contributed by atoms with Gasteiger partial charge in [0.1, 0.15) is 10.7 Å². The van der Waals surface area contributed by atoms with Gasteiger partial charge in [0.15, 0.2) is 0 Å². The number of benzene rings is 2. The number of aromatic nitrogens is 1. The third-order valence-corrected chi connectivity index (χ3v) is 8.41. The van der Waals surface area contributed by atoms with Gasteiger partial charge < -0.3 is 10.2 Å². The Hall–Kier alpha value is -3.16. The molecule has 3 heterocycles. The van der Waals surface area contributed by atoms with Crippen LogP contribution in [0.5, 0.6) is 0 Å². The largest absolute Gasteiger partial charge is 0.367 e. The van der Waals surface area contributed by atoms with Gasteiger partial charge in [-0.2, -0.15) is 5.26 Å². The third-order valence-electron chi connectivity index (χ3n) is 5.42. The molecule has 9 heteroatoms. The summed E-state index contributed by atoms with van der Waals surface area (Å²) >= 11 is 4.82. The number of para-hydroxylation sites is 2. The zero-order valence-corrected chi connectivity index (χ0v) is 20.6. The molecule has 2 aromatic heterocycles. The van der Waals surface area contributed by atoms with Crippen LogP contribution in [0.3, 0.4) is 0 Å². The van der Waals surface area contributed by atoms with Crippen LogP contribution in [0.1, 0.15) is 16.1 Å². The standard InChI is InChI=1S/C25H21N5OS3/c26-16-18-7-9-19(10-8-18)34-30-13-11-29(12-14-30)22-5-2-1-4-20(22)27-24(31)21-17-33-25(28-21)23-6-3-15-32-23/h1-10,15,17H,11-14H2,(H,27,31). The number of thiazole rings is 1. The fourth-order valence-corrected chi connectivity index (χ4v) is 6.21. The molecule has 0 saturated carbocycles. The van der Waals surface area contributed by atoms with E-state index < -0.39 is 0 Å². The Labute approximate surface area is 210 Å². The van der Waals surface area contributed by atoms with Crippen molar-refractivity contribution in [1.29, 1.82) is 5.26 Å². The molecule has 1 saturated heterocycles. The maximum atomic E-state index is 12.9. The molecule has 34 heavy (non-hydrogen) atoms. The molecule has 5 rings (SSSR count). The second-order valence-electron chi connectivity index (χ2n) is 7.63. The number of nitrogens with zero attached hydrogens (tertiary/aromatic N) is 4. The number of rotatable bonds is 6. The zero-order chi connectivity index (χ0) is 23.3. The Balaban J connectivity index is 1.22. The maximum absolute atomic E-state index is 12.9. The van der Waals surface area contributed by atoms with Crippen LogP contribution in [0, 0.1) is 11.3 Å². The Kier molecular flexibility index (Phi) is 6.92. The lowest BCUT2D eigenvalue weighted by Gasteiger charge is -2.36. The molecule has 1 N–H and O–H groups in total. The third kappa shape index (κ3) is 5.16. The molecule has 1 fully saturated rings. The van der Waals surface area contributed by atoms with Crippen LogP contribution in [0.25, 0.3) is 9.88 Å². The molecule has 0 unspecified atom stereocenters. The van der Waals surface area contributed by atoms with Crippen LogP contribution in [0.2, 0.25) is 0 Å². The van der Waals surface area contributed by atoms with Crippen LogP contribution in [0.4, 0.5) is 11.4 Å². The maximum Gasteiger partial charge on any atom is 0.275 e. The quantitative estimate of drug-likeness (QED) is 0.334. The van der Waals surface area contributed by atoms with E-state index >= 15 is 0 Å². The molecule has 6 nitrogen and oxygen atoms in total. The summed E-state index contributed by atoms with van der Waals surface area (Å²) in [6, 6.07) is 21.8. The number of amides is 1. The predicted octanol–water partition coefficient (Wildman–Crippen LogP) is 5.82. The van der Waals surface area contributed by atoms with E-state index in [1.807, 2.05) is 65.4 Å². The number of hydrogen-bond donors (Lipinski definition) is 1. The van der Waals surface area contributed by atoms with Gasteiger partial charge >= 0.3 is 0 Å². The highest BCUT2D eigenvalue weighted by atomic mass is 32.2. The van der Waals surface area contributed by atoms with Gasteiger partial charge in [-0.05, 0) is 59.8 Å². The van der Waals surface area contributed by atoms with Gasteiger partial charge in [0.2, 0.25) is 0 Å². The fraction of sp³-hybridized carbons (Fsp3) is 0.160. The predicted molar refractivity (Wildman–Crippen MR) is 141 cm³/mol. The lowest BCUT2D eigenvalue weighted by molar-refractivity contribution is 0.102. The molecule has 170 valence electrons. The highest BCUT2D eigenvalue weighted by Gasteiger charge is 2.21. The Bertz CT molecular complexity index is 1300. The monoisotopic (exact) mass is 503 g/mol. The molecule has 0 bridgehead atoms. The minimum atomic E-state index is -0.193. The van der Waals surface area contributed by atoms with E-state index in [-0.39, 0.29) is 5.91 Å². The van der Waals surface area contributed by atoms with Crippen LogP contribution >= 0.6 is 34.6 Å². The molecule has 2 aromatic carbocycles. The van der Waals surface area contributed by atoms with Crippen molar-refractivity contribution in [2.75, 3.05) is 36.4 Å². The first-order chi connectivity index (χ1) is 16.7. The number of nitrogens with one attached hydrogen (secondary N) is 1. The molecular formula is C25H21N5OS3. The number of thiophene rings is 1. The van der Waals surface area contributed by atoms with Gasteiger partial charge in [-0.3, -0.25) is 4.79 Å². The Morgan fingerprint density at radius 1 is 1.00 bits per heavy atom. The number of nitriles is 1. The molecule has 0 atom stereocenters. The van der Waals surface area contributed by atoms with Crippen molar-refractivity contribution in [3.05, 3.63) is 82.7 Å². The first-order valence-corrected chi connectivity index (χ1v) is 13.3. The van der Waals surface area contributed by atoms with E-state index in [4.69, 9.17) is 5.26 Å². The van der Waals surface area contributed by atoms with Crippen LogP contribution in [0.15, 0.2) is 76.3 Å². The molecule has 1 amide bonds. The summed E-state index contributed by atoms with van der Waals surface area (Å²) in [6.07, 6.45) is 0. The van der Waals surface area contributed by atoms with Crippen LogP contribution in [-0.2, 0) is 0 Å². The molecule has 0 aliphatic carbocycles. The minimum absolute atomic E-state index is 0.193. The van der Waals surface area contributed by atoms with E-state index in [1.54, 1.807) is 23.3 Å². The van der Waals surface area contributed by atoms with Gasteiger partial charge in [-0.1, -0.05) is 18.2 Å².